The van der Waals surface area contributed by atoms with Crippen LogP contribution in [0.5, 0.6) is 0 Å². The molecule has 1 heterocycles. The lowest BCUT2D eigenvalue weighted by Crippen LogP contribution is -2.49. The van der Waals surface area contributed by atoms with Gasteiger partial charge in [0.2, 0.25) is 0 Å². The molecule has 0 bridgehead atoms. The molecule has 6 nitrogen and oxygen atoms in total. The molecule has 1 aliphatic heterocycles. The van der Waals surface area contributed by atoms with Crippen molar-refractivity contribution in [3.05, 3.63) is 22.5 Å². The molecule has 12 heteroatoms. The molecule has 0 aromatic carbocycles. The molecule has 1 atom stereocenters. The van der Waals surface area contributed by atoms with Crippen LogP contribution in [0, 0.1) is 0 Å². The highest BCUT2D eigenvalue weighted by Crippen LogP contribution is 2.44. The van der Waals surface area contributed by atoms with Gasteiger partial charge in [0, 0.05) is 6.04 Å². The molecule has 2 aliphatic rings. The van der Waals surface area contributed by atoms with Crippen LogP contribution in [0.25, 0.3) is 0 Å². The van der Waals surface area contributed by atoms with Crippen molar-refractivity contribution in [3.63, 3.8) is 0 Å². The third kappa shape index (κ3) is 4.50. The lowest BCUT2D eigenvalue weighted by atomic mass is 9.97. The molecule has 0 saturated heterocycles. The van der Waals surface area contributed by atoms with Gasteiger partial charge in [-0.15, -0.1) is 0 Å². The van der Waals surface area contributed by atoms with Crippen molar-refractivity contribution in [2.75, 3.05) is 13.2 Å². The molecular weight excluding hydrogens is 415 g/mol. The third-order valence-corrected chi connectivity index (χ3v) is 4.30. The fraction of sp³-hybridized carbons (Fsp3) is 0.625. The number of esters is 2. The van der Waals surface area contributed by atoms with Crippen LogP contribution >= 0.6 is 11.6 Å². The first-order chi connectivity index (χ1) is 13.0. The van der Waals surface area contributed by atoms with E-state index in [4.69, 9.17) is 16.3 Å². The Bertz CT molecular complexity index is 704. The predicted molar refractivity (Wildman–Crippen MR) is 87.0 cm³/mol. The third-order valence-electron chi connectivity index (χ3n) is 3.88. The van der Waals surface area contributed by atoms with Crippen LogP contribution < -0.4 is 5.32 Å². The van der Waals surface area contributed by atoms with E-state index in [2.05, 4.69) is 10.1 Å². The first kappa shape index (κ1) is 22.3. The highest BCUT2D eigenvalue weighted by molar-refractivity contribution is 6.26. The van der Waals surface area contributed by atoms with E-state index in [0.29, 0.717) is 12.8 Å². The lowest BCUT2D eigenvalue weighted by molar-refractivity contribution is -0.150. The standard InChI is InChI=1S/C16H18ClF5N2O4/c1-3-27-13(25)8-10(23-7-5-6-7)9(14(26)28-4-2)12(17)24(15(18)19)11(8)16(20,21)22/h7,12,15,23H,3-6H2,1-2H3. The molecular formula is C16H18ClF5N2O4. The Hall–Kier alpha value is -2.04. The molecule has 1 fully saturated rings. The maximum absolute atomic E-state index is 13.7. The van der Waals surface area contributed by atoms with E-state index in [9.17, 15) is 31.5 Å². The topological polar surface area (TPSA) is 67.9 Å². The summed E-state index contributed by atoms with van der Waals surface area (Å²) >= 11 is 5.88. The Balaban J connectivity index is 2.81. The Labute approximate surface area is 162 Å². The van der Waals surface area contributed by atoms with Crippen molar-refractivity contribution >= 4 is 23.5 Å². The molecule has 0 aromatic rings. The maximum atomic E-state index is 13.7. The summed E-state index contributed by atoms with van der Waals surface area (Å²) in [4.78, 5) is 24.2. The number of ether oxygens (including phenoxy) is 2. The van der Waals surface area contributed by atoms with Gasteiger partial charge in [0.05, 0.1) is 24.5 Å². The number of alkyl halides is 6. The monoisotopic (exact) mass is 432 g/mol. The van der Waals surface area contributed by atoms with Crippen LogP contribution in [-0.4, -0.2) is 54.3 Å². The normalized spacial score (nSPS) is 20.6. The van der Waals surface area contributed by atoms with Crippen molar-refractivity contribution in [3.8, 4) is 0 Å². The van der Waals surface area contributed by atoms with E-state index in [1.165, 1.54) is 13.8 Å². The number of nitrogens with one attached hydrogen (secondary N) is 1. The Morgan fingerprint density at radius 2 is 1.71 bits per heavy atom. The van der Waals surface area contributed by atoms with Gasteiger partial charge >= 0.3 is 24.7 Å². The van der Waals surface area contributed by atoms with Crippen LogP contribution in [0.4, 0.5) is 22.0 Å². The van der Waals surface area contributed by atoms with Gasteiger partial charge in [-0.2, -0.15) is 22.0 Å². The summed E-state index contributed by atoms with van der Waals surface area (Å²) < 4.78 is 77.7. The first-order valence-corrected chi connectivity index (χ1v) is 8.85. The molecule has 2 rings (SSSR count). The van der Waals surface area contributed by atoms with E-state index >= 15 is 0 Å². The van der Waals surface area contributed by atoms with Crippen LogP contribution in [0.2, 0.25) is 0 Å². The SMILES string of the molecule is CCOC(=O)C1=C(C(F)(F)F)N(C(F)F)C(Cl)C(C(=O)OCC)=C1NC1CC1. The molecule has 1 unspecified atom stereocenters. The number of hydrogen-bond acceptors (Lipinski definition) is 6. The van der Waals surface area contributed by atoms with Gasteiger partial charge in [-0.05, 0) is 26.7 Å². The van der Waals surface area contributed by atoms with Gasteiger partial charge in [0.1, 0.15) is 16.8 Å². The Kier molecular flexibility index (Phi) is 6.79. The number of carbonyl (C=O) groups excluding carboxylic acids is 2. The molecule has 158 valence electrons. The highest BCUT2D eigenvalue weighted by Gasteiger charge is 2.53. The van der Waals surface area contributed by atoms with Gasteiger partial charge in [-0.25, -0.2) is 9.59 Å². The summed E-state index contributed by atoms with van der Waals surface area (Å²) in [6.07, 6.45) is -4.26. The zero-order valence-corrected chi connectivity index (χ0v) is 15.7. The Morgan fingerprint density at radius 3 is 2.14 bits per heavy atom. The van der Waals surface area contributed by atoms with Crippen LogP contribution in [0.15, 0.2) is 22.5 Å². The van der Waals surface area contributed by atoms with Crippen molar-refractivity contribution in [2.24, 2.45) is 0 Å². The summed E-state index contributed by atoms with van der Waals surface area (Å²) in [7, 11) is 0. The van der Waals surface area contributed by atoms with Crippen molar-refractivity contribution < 1.29 is 41.0 Å². The molecule has 1 N–H and O–H groups in total. The summed E-state index contributed by atoms with van der Waals surface area (Å²) in [5.74, 6) is -2.71. The summed E-state index contributed by atoms with van der Waals surface area (Å²) in [5, 5.41) is 2.63. The van der Waals surface area contributed by atoms with Crippen molar-refractivity contribution in [1.82, 2.24) is 10.2 Å². The van der Waals surface area contributed by atoms with Crippen LogP contribution in [0.3, 0.4) is 0 Å². The second-order valence-corrected chi connectivity index (χ2v) is 6.30. The fourth-order valence-corrected chi connectivity index (χ4v) is 3.01. The van der Waals surface area contributed by atoms with E-state index in [-0.39, 0.29) is 19.3 Å². The molecule has 1 aliphatic carbocycles. The van der Waals surface area contributed by atoms with E-state index in [1.807, 2.05) is 0 Å². The second kappa shape index (κ2) is 8.54. The molecule has 0 spiro atoms. The van der Waals surface area contributed by atoms with E-state index in [1.54, 1.807) is 0 Å². The predicted octanol–water partition coefficient (Wildman–Crippen LogP) is 3.04. The zero-order chi connectivity index (χ0) is 21.2. The van der Waals surface area contributed by atoms with Gasteiger partial charge in [0.25, 0.3) is 0 Å². The Morgan fingerprint density at radius 1 is 1.18 bits per heavy atom. The van der Waals surface area contributed by atoms with Gasteiger partial charge < -0.3 is 14.8 Å². The van der Waals surface area contributed by atoms with Gasteiger partial charge in [-0.3, -0.25) is 4.90 Å². The number of allylic oxidation sites excluding steroid dienone is 1. The largest absolute Gasteiger partial charge is 0.462 e. The molecule has 0 amide bonds. The minimum absolute atomic E-state index is 0.179. The number of carbonyl (C=O) groups is 2. The fourth-order valence-electron chi connectivity index (χ4n) is 2.63. The van der Waals surface area contributed by atoms with Crippen LogP contribution in [-0.2, 0) is 19.1 Å². The summed E-state index contributed by atoms with van der Waals surface area (Å²) in [5.41, 5.74) is -6.70. The van der Waals surface area contributed by atoms with E-state index in [0.717, 1.165) is 0 Å². The van der Waals surface area contributed by atoms with Crippen molar-refractivity contribution in [2.45, 2.75) is 51.0 Å². The van der Waals surface area contributed by atoms with Gasteiger partial charge in [0.15, 0.2) is 0 Å². The van der Waals surface area contributed by atoms with E-state index < -0.39 is 57.6 Å². The van der Waals surface area contributed by atoms with Crippen LogP contribution in [0.1, 0.15) is 26.7 Å². The minimum atomic E-state index is -5.37. The summed E-state index contributed by atoms with van der Waals surface area (Å²) in [6, 6.07) is -0.333. The minimum Gasteiger partial charge on any atom is -0.462 e. The zero-order valence-electron chi connectivity index (χ0n) is 14.9. The molecule has 0 radical (unpaired) electrons. The molecule has 0 aromatic heterocycles. The highest BCUT2D eigenvalue weighted by atomic mass is 35.5. The lowest BCUT2D eigenvalue weighted by Gasteiger charge is -2.38. The number of halogens is 6. The van der Waals surface area contributed by atoms with Crippen molar-refractivity contribution in [1.29, 1.82) is 0 Å². The number of hydrogen-bond donors (Lipinski definition) is 1. The number of rotatable bonds is 7. The number of nitrogens with zero attached hydrogens (tertiary/aromatic N) is 1. The first-order valence-electron chi connectivity index (χ1n) is 8.41. The maximum Gasteiger partial charge on any atom is 0.432 e. The summed E-state index contributed by atoms with van der Waals surface area (Å²) in [6.45, 7) is -1.48. The smallest absolute Gasteiger partial charge is 0.432 e. The molecule has 1 saturated carbocycles. The average Bonchev–Trinajstić information content (AvgIpc) is 3.37. The second-order valence-electron chi connectivity index (χ2n) is 5.89. The average molecular weight is 433 g/mol. The van der Waals surface area contributed by atoms with Gasteiger partial charge in [-0.1, -0.05) is 11.6 Å². The quantitative estimate of drug-likeness (QED) is 0.289. The molecule has 28 heavy (non-hydrogen) atoms.